The molecular weight excluding hydrogens is 339 g/mol. The van der Waals surface area contributed by atoms with Crippen LogP contribution in [0.5, 0.6) is 0 Å². The van der Waals surface area contributed by atoms with Crippen molar-refractivity contribution in [1.29, 1.82) is 0 Å². The predicted octanol–water partition coefficient (Wildman–Crippen LogP) is 1.85. The highest BCUT2D eigenvalue weighted by Gasteiger charge is 2.28. The highest BCUT2D eigenvalue weighted by atomic mass is 19.4. The van der Waals surface area contributed by atoms with E-state index in [1.165, 1.54) is 19.2 Å². The number of benzene rings is 1. The van der Waals surface area contributed by atoms with Crippen LogP contribution in [0.15, 0.2) is 18.2 Å². The lowest BCUT2D eigenvalue weighted by molar-refractivity contribution is -0.123. The van der Waals surface area contributed by atoms with Gasteiger partial charge in [-0.2, -0.15) is 13.2 Å². The first-order valence-corrected chi connectivity index (χ1v) is 7.60. The van der Waals surface area contributed by atoms with Crippen LogP contribution in [0.4, 0.5) is 18.9 Å². The molecule has 1 aromatic carbocycles. The molecule has 0 aliphatic heterocycles. The van der Waals surface area contributed by atoms with Crippen LogP contribution in [0, 0.1) is 6.92 Å². The number of halogens is 3. The summed E-state index contributed by atoms with van der Waals surface area (Å²) in [7, 11) is 1.53. The Morgan fingerprint density at radius 3 is 2.56 bits per heavy atom. The highest BCUT2D eigenvalue weighted by molar-refractivity contribution is 5.95. The summed E-state index contributed by atoms with van der Waals surface area (Å²) >= 11 is 0. The zero-order chi connectivity index (χ0) is 19.0. The molecular formula is C16H22F3N3O3. The lowest BCUT2D eigenvalue weighted by atomic mass is 10.1. The van der Waals surface area contributed by atoms with Gasteiger partial charge in [0.2, 0.25) is 5.91 Å². The summed E-state index contributed by atoms with van der Waals surface area (Å²) in [6, 6.07) is 4.27. The minimum atomic E-state index is -4.47. The first-order chi connectivity index (χ1) is 11.6. The van der Waals surface area contributed by atoms with Crippen LogP contribution in [-0.2, 0) is 9.53 Å². The molecule has 3 N–H and O–H groups in total. The number of aryl methyl sites for hydroxylation is 1. The van der Waals surface area contributed by atoms with Crippen molar-refractivity contribution in [3.63, 3.8) is 0 Å². The standard InChI is InChI=1S/C16H22F3N3O3/c1-10-4-5-12(15(24)21-9-16(17,18)19)6-13(10)20-7-14(23)22-11(2)8-25-3/h4-6,11,20H,7-9H2,1-3H3,(H,21,24)(H,22,23)/t11-/m0/s1. The molecule has 6 nitrogen and oxygen atoms in total. The number of anilines is 1. The molecule has 0 fully saturated rings. The summed E-state index contributed by atoms with van der Waals surface area (Å²) in [5.41, 5.74) is 1.32. The molecule has 25 heavy (non-hydrogen) atoms. The topological polar surface area (TPSA) is 79.5 Å². The second kappa shape index (κ2) is 9.26. The Balaban J connectivity index is 2.65. The van der Waals surface area contributed by atoms with Crippen molar-refractivity contribution in [2.75, 3.05) is 32.1 Å². The smallest absolute Gasteiger partial charge is 0.383 e. The Kier molecular flexibility index (Phi) is 7.69. The molecule has 0 aromatic heterocycles. The van der Waals surface area contributed by atoms with Crippen molar-refractivity contribution in [3.8, 4) is 0 Å². The van der Waals surface area contributed by atoms with Crippen molar-refractivity contribution >= 4 is 17.5 Å². The first kappa shape index (κ1) is 20.8. The fourth-order valence-electron chi connectivity index (χ4n) is 2.03. The van der Waals surface area contributed by atoms with E-state index in [9.17, 15) is 22.8 Å². The molecule has 0 unspecified atom stereocenters. The normalized spacial score (nSPS) is 12.4. The van der Waals surface area contributed by atoms with Gasteiger partial charge in [0, 0.05) is 24.4 Å². The van der Waals surface area contributed by atoms with Gasteiger partial charge < -0.3 is 20.7 Å². The minimum Gasteiger partial charge on any atom is -0.383 e. The Morgan fingerprint density at radius 1 is 1.28 bits per heavy atom. The number of carbonyl (C=O) groups is 2. The number of rotatable bonds is 8. The zero-order valence-corrected chi connectivity index (χ0v) is 14.3. The number of amides is 2. The van der Waals surface area contributed by atoms with Crippen molar-refractivity contribution in [3.05, 3.63) is 29.3 Å². The molecule has 140 valence electrons. The Labute approximate surface area is 144 Å². The van der Waals surface area contributed by atoms with Crippen molar-refractivity contribution < 1.29 is 27.5 Å². The second-order valence-corrected chi connectivity index (χ2v) is 5.61. The number of ether oxygens (including phenoxy) is 1. The van der Waals surface area contributed by atoms with Crippen LogP contribution < -0.4 is 16.0 Å². The summed E-state index contributed by atoms with van der Waals surface area (Å²) in [5.74, 6) is -1.10. The van der Waals surface area contributed by atoms with E-state index >= 15 is 0 Å². The molecule has 0 spiro atoms. The molecule has 1 aromatic rings. The molecule has 0 aliphatic carbocycles. The Bertz CT molecular complexity index is 606. The van der Waals surface area contributed by atoms with Crippen molar-refractivity contribution in [2.45, 2.75) is 26.1 Å². The monoisotopic (exact) mass is 361 g/mol. The van der Waals surface area contributed by atoms with Gasteiger partial charge in [-0.05, 0) is 31.5 Å². The van der Waals surface area contributed by atoms with E-state index in [-0.39, 0.29) is 24.1 Å². The third-order valence-corrected chi connectivity index (χ3v) is 3.21. The van der Waals surface area contributed by atoms with Gasteiger partial charge in [-0.3, -0.25) is 9.59 Å². The maximum atomic E-state index is 12.2. The van der Waals surface area contributed by atoms with Crippen LogP contribution in [0.2, 0.25) is 0 Å². The molecule has 2 amide bonds. The SMILES string of the molecule is COC[C@H](C)NC(=O)CNc1cc(C(=O)NCC(F)(F)F)ccc1C. The number of hydrogen-bond donors (Lipinski definition) is 3. The molecule has 0 heterocycles. The number of methoxy groups -OCH3 is 1. The van der Waals surface area contributed by atoms with Crippen LogP contribution >= 0.6 is 0 Å². The number of carbonyl (C=O) groups excluding carboxylic acids is 2. The minimum absolute atomic E-state index is 0.0392. The van der Waals surface area contributed by atoms with E-state index in [1.54, 1.807) is 25.2 Å². The van der Waals surface area contributed by atoms with Crippen LogP contribution in [0.1, 0.15) is 22.8 Å². The Morgan fingerprint density at radius 2 is 1.96 bits per heavy atom. The quantitative estimate of drug-likeness (QED) is 0.660. The van der Waals surface area contributed by atoms with Crippen LogP contribution in [0.25, 0.3) is 0 Å². The average Bonchev–Trinajstić information content (AvgIpc) is 2.51. The maximum absolute atomic E-state index is 12.2. The van der Waals surface area contributed by atoms with Gasteiger partial charge in [0.25, 0.3) is 5.91 Å². The molecule has 9 heteroatoms. The first-order valence-electron chi connectivity index (χ1n) is 7.60. The fourth-order valence-corrected chi connectivity index (χ4v) is 2.03. The number of nitrogens with one attached hydrogen (secondary N) is 3. The van der Waals surface area contributed by atoms with Crippen molar-refractivity contribution in [1.82, 2.24) is 10.6 Å². The van der Waals surface area contributed by atoms with E-state index in [4.69, 9.17) is 4.74 Å². The molecule has 0 aliphatic rings. The molecule has 0 bridgehead atoms. The van der Waals surface area contributed by atoms with Crippen LogP contribution in [0.3, 0.4) is 0 Å². The second-order valence-electron chi connectivity index (χ2n) is 5.61. The largest absolute Gasteiger partial charge is 0.405 e. The van der Waals surface area contributed by atoms with Crippen LogP contribution in [-0.4, -0.2) is 50.8 Å². The highest BCUT2D eigenvalue weighted by Crippen LogP contribution is 2.17. The lowest BCUT2D eigenvalue weighted by Crippen LogP contribution is -2.39. The van der Waals surface area contributed by atoms with Crippen molar-refractivity contribution in [2.24, 2.45) is 0 Å². The van der Waals surface area contributed by atoms with Gasteiger partial charge >= 0.3 is 6.18 Å². The van der Waals surface area contributed by atoms with E-state index in [1.807, 2.05) is 0 Å². The molecule has 1 atom stereocenters. The third kappa shape index (κ3) is 7.88. The lowest BCUT2D eigenvalue weighted by Gasteiger charge is -2.15. The number of alkyl halides is 3. The molecule has 1 rings (SSSR count). The van der Waals surface area contributed by atoms with Gasteiger partial charge in [-0.15, -0.1) is 0 Å². The zero-order valence-electron chi connectivity index (χ0n) is 14.3. The van der Waals surface area contributed by atoms with E-state index in [0.29, 0.717) is 12.3 Å². The molecule has 0 saturated heterocycles. The average molecular weight is 361 g/mol. The van der Waals surface area contributed by atoms with Gasteiger partial charge in [0.05, 0.1) is 13.2 Å². The third-order valence-electron chi connectivity index (χ3n) is 3.21. The summed E-state index contributed by atoms with van der Waals surface area (Å²) in [6.45, 7) is 2.48. The van der Waals surface area contributed by atoms with Gasteiger partial charge in [-0.25, -0.2) is 0 Å². The predicted molar refractivity (Wildman–Crippen MR) is 87.5 cm³/mol. The summed E-state index contributed by atoms with van der Waals surface area (Å²) < 4.78 is 41.4. The summed E-state index contributed by atoms with van der Waals surface area (Å²) in [6.07, 6.45) is -4.47. The van der Waals surface area contributed by atoms with E-state index in [2.05, 4.69) is 10.6 Å². The van der Waals surface area contributed by atoms with Gasteiger partial charge in [0.1, 0.15) is 6.54 Å². The Hall–Kier alpha value is -2.29. The van der Waals surface area contributed by atoms with Gasteiger partial charge in [0.15, 0.2) is 0 Å². The molecule has 0 saturated carbocycles. The summed E-state index contributed by atoms with van der Waals surface area (Å²) in [4.78, 5) is 23.6. The molecule has 0 radical (unpaired) electrons. The maximum Gasteiger partial charge on any atom is 0.405 e. The van der Waals surface area contributed by atoms with E-state index < -0.39 is 18.6 Å². The number of hydrogen-bond acceptors (Lipinski definition) is 4. The summed E-state index contributed by atoms with van der Waals surface area (Å²) in [5, 5.41) is 7.39. The van der Waals surface area contributed by atoms with Gasteiger partial charge in [-0.1, -0.05) is 6.07 Å². The van der Waals surface area contributed by atoms with E-state index in [0.717, 1.165) is 5.56 Å². The fraction of sp³-hybridized carbons (Fsp3) is 0.500.